The Morgan fingerprint density at radius 3 is 2.62 bits per heavy atom. The van der Waals surface area contributed by atoms with E-state index in [4.69, 9.17) is 16.3 Å². The Labute approximate surface area is 132 Å². The standard InChI is InChI=1S/C18H22ClNO/c1-2-10-20-11-12-21-18-9-8-17(19)14-16(18)13-15-6-4-3-5-7-15/h3-9,14,20H,2,10-13H2,1H3. The summed E-state index contributed by atoms with van der Waals surface area (Å²) >= 11 is 6.12. The van der Waals surface area contributed by atoms with E-state index in [-0.39, 0.29) is 0 Å². The Hall–Kier alpha value is -1.51. The summed E-state index contributed by atoms with van der Waals surface area (Å²) in [6, 6.07) is 16.2. The molecule has 0 unspecified atom stereocenters. The average Bonchev–Trinajstić information content (AvgIpc) is 2.50. The van der Waals surface area contributed by atoms with Crippen LogP contribution in [0.2, 0.25) is 5.02 Å². The van der Waals surface area contributed by atoms with Crippen LogP contribution in [0.3, 0.4) is 0 Å². The fourth-order valence-corrected chi connectivity index (χ4v) is 2.37. The molecular weight excluding hydrogens is 282 g/mol. The SMILES string of the molecule is CCCNCCOc1ccc(Cl)cc1Cc1ccccc1. The zero-order valence-electron chi connectivity index (χ0n) is 12.4. The van der Waals surface area contributed by atoms with E-state index in [1.165, 1.54) is 5.56 Å². The van der Waals surface area contributed by atoms with E-state index >= 15 is 0 Å². The second-order valence-corrected chi connectivity index (χ2v) is 5.45. The van der Waals surface area contributed by atoms with Crippen LogP contribution in [0.15, 0.2) is 48.5 Å². The summed E-state index contributed by atoms with van der Waals surface area (Å²) in [5.41, 5.74) is 2.39. The van der Waals surface area contributed by atoms with Crippen LogP contribution in [0.1, 0.15) is 24.5 Å². The molecule has 0 saturated carbocycles. The molecule has 21 heavy (non-hydrogen) atoms. The van der Waals surface area contributed by atoms with Gasteiger partial charge in [-0.05, 0) is 42.3 Å². The summed E-state index contributed by atoms with van der Waals surface area (Å²) < 4.78 is 5.89. The first-order valence-electron chi connectivity index (χ1n) is 7.45. The van der Waals surface area contributed by atoms with E-state index in [9.17, 15) is 0 Å². The minimum absolute atomic E-state index is 0.670. The van der Waals surface area contributed by atoms with Crippen molar-refractivity contribution in [3.8, 4) is 5.75 Å². The third-order valence-electron chi connectivity index (χ3n) is 3.22. The van der Waals surface area contributed by atoms with Gasteiger partial charge in [0.1, 0.15) is 12.4 Å². The lowest BCUT2D eigenvalue weighted by atomic mass is 10.0. The zero-order chi connectivity index (χ0) is 14.9. The molecule has 2 aromatic carbocycles. The summed E-state index contributed by atoms with van der Waals surface area (Å²) in [7, 11) is 0. The number of nitrogens with one attached hydrogen (secondary N) is 1. The maximum absolute atomic E-state index is 6.12. The molecule has 112 valence electrons. The highest BCUT2D eigenvalue weighted by atomic mass is 35.5. The smallest absolute Gasteiger partial charge is 0.122 e. The lowest BCUT2D eigenvalue weighted by molar-refractivity contribution is 0.311. The summed E-state index contributed by atoms with van der Waals surface area (Å²) in [4.78, 5) is 0. The van der Waals surface area contributed by atoms with Crippen molar-refractivity contribution in [2.24, 2.45) is 0 Å². The van der Waals surface area contributed by atoms with E-state index in [1.54, 1.807) is 0 Å². The van der Waals surface area contributed by atoms with Gasteiger partial charge in [0.05, 0.1) is 0 Å². The van der Waals surface area contributed by atoms with Crippen LogP contribution < -0.4 is 10.1 Å². The molecule has 0 saturated heterocycles. The molecular formula is C18H22ClNO. The molecule has 0 heterocycles. The predicted octanol–water partition coefficient (Wildman–Crippen LogP) is 4.31. The summed E-state index contributed by atoms with van der Waals surface area (Å²) in [5, 5.41) is 4.08. The van der Waals surface area contributed by atoms with Crippen molar-refractivity contribution in [1.29, 1.82) is 0 Å². The lowest BCUT2D eigenvalue weighted by Gasteiger charge is -2.12. The van der Waals surface area contributed by atoms with Crippen LogP contribution in [-0.2, 0) is 6.42 Å². The van der Waals surface area contributed by atoms with Gasteiger partial charge in [-0.25, -0.2) is 0 Å². The first kappa shape index (κ1) is 15.9. The number of hydrogen-bond acceptors (Lipinski definition) is 2. The summed E-state index contributed by atoms with van der Waals surface area (Å²) in [5.74, 6) is 0.918. The molecule has 0 bridgehead atoms. The fourth-order valence-electron chi connectivity index (χ4n) is 2.18. The summed E-state index contributed by atoms with van der Waals surface area (Å²) in [6.07, 6.45) is 1.97. The molecule has 0 fully saturated rings. The zero-order valence-corrected chi connectivity index (χ0v) is 13.2. The van der Waals surface area contributed by atoms with Crippen LogP contribution in [0, 0.1) is 0 Å². The van der Waals surface area contributed by atoms with E-state index in [0.29, 0.717) is 6.61 Å². The van der Waals surface area contributed by atoms with Crippen molar-refractivity contribution in [2.45, 2.75) is 19.8 Å². The second-order valence-electron chi connectivity index (χ2n) is 5.01. The molecule has 2 nitrogen and oxygen atoms in total. The average molecular weight is 304 g/mol. The molecule has 0 aliphatic rings. The van der Waals surface area contributed by atoms with Gasteiger partial charge in [-0.2, -0.15) is 0 Å². The van der Waals surface area contributed by atoms with Crippen LogP contribution in [0.25, 0.3) is 0 Å². The quantitative estimate of drug-likeness (QED) is 0.734. The van der Waals surface area contributed by atoms with E-state index < -0.39 is 0 Å². The third-order valence-corrected chi connectivity index (χ3v) is 3.46. The number of halogens is 1. The molecule has 0 spiro atoms. The second kappa shape index (κ2) is 8.71. The van der Waals surface area contributed by atoms with Gasteiger partial charge in [-0.1, -0.05) is 48.9 Å². The first-order valence-corrected chi connectivity index (χ1v) is 7.83. The number of ether oxygens (including phenoxy) is 1. The Bertz CT molecular complexity index is 542. The van der Waals surface area contributed by atoms with Gasteiger partial charge in [-0.3, -0.25) is 0 Å². The van der Waals surface area contributed by atoms with Gasteiger partial charge < -0.3 is 10.1 Å². The van der Waals surface area contributed by atoms with Crippen molar-refractivity contribution in [2.75, 3.05) is 19.7 Å². The number of hydrogen-bond donors (Lipinski definition) is 1. The molecule has 2 aromatic rings. The highest BCUT2D eigenvalue weighted by molar-refractivity contribution is 6.30. The molecule has 0 amide bonds. The maximum atomic E-state index is 6.12. The number of benzene rings is 2. The van der Waals surface area contributed by atoms with E-state index in [0.717, 1.165) is 42.3 Å². The third kappa shape index (κ3) is 5.41. The molecule has 0 aliphatic carbocycles. The van der Waals surface area contributed by atoms with E-state index in [1.807, 2.05) is 24.3 Å². The van der Waals surface area contributed by atoms with Crippen LogP contribution in [0.5, 0.6) is 5.75 Å². The molecule has 1 N–H and O–H groups in total. The van der Waals surface area contributed by atoms with Crippen molar-refractivity contribution in [1.82, 2.24) is 5.32 Å². The van der Waals surface area contributed by atoms with Crippen molar-refractivity contribution < 1.29 is 4.74 Å². The predicted molar refractivity (Wildman–Crippen MR) is 89.4 cm³/mol. The topological polar surface area (TPSA) is 21.3 Å². The fraction of sp³-hybridized carbons (Fsp3) is 0.333. The highest BCUT2D eigenvalue weighted by Gasteiger charge is 2.06. The Kier molecular flexibility index (Phi) is 6.58. The van der Waals surface area contributed by atoms with Gasteiger partial charge in [-0.15, -0.1) is 0 Å². The largest absolute Gasteiger partial charge is 0.492 e. The molecule has 2 rings (SSSR count). The summed E-state index contributed by atoms with van der Waals surface area (Å²) in [6.45, 7) is 4.72. The lowest BCUT2D eigenvalue weighted by Crippen LogP contribution is -2.21. The van der Waals surface area contributed by atoms with Crippen molar-refractivity contribution >= 4 is 11.6 Å². The first-order chi connectivity index (χ1) is 10.3. The molecule has 0 aliphatic heterocycles. The van der Waals surface area contributed by atoms with Gasteiger partial charge in [0, 0.05) is 18.0 Å². The van der Waals surface area contributed by atoms with Crippen molar-refractivity contribution in [3.05, 3.63) is 64.7 Å². The number of rotatable bonds is 8. The van der Waals surface area contributed by atoms with Gasteiger partial charge in [0.15, 0.2) is 0 Å². The highest BCUT2D eigenvalue weighted by Crippen LogP contribution is 2.25. The Morgan fingerprint density at radius 2 is 1.86 bits per heavy atom. The van der Waals surface area contributed by atoms with E-state index in [2.05, 4.69) is 36.5 Å². The van der Waals surface area contributed by atoms with Crippen LogP contribution in [0.4, 0.5) is 0 Å². The monoisotopic (exact) mass is 303 g/mol. The molecule has 0 atom stereocenters. The minimum Gasteiger partial charge on any atom is -0.492 e. The molecule has 0 radical (unpaired) electrons. The van der Waals surface area contributed by atoms with Crippen molar-refractivity contribution in [3.63, 3.8) is 0 Å². The molecule has 3 heteroatoms. The van der Waals surface area contributed by atoms with Gasteiger partial charge >= 0.3 is 0 Å². The Balaban J connectivity index is 2.00. The normalized spacial score (nSPS) is 10.6. The van der Waals surface area contributed by atoms with Gasteiger partial charge in [0.25, 0.3) is 0 Å². The van der Waals surface area contributed by atoms with Crippen LogP contribution in [-0.4, -0.2) is 19.7 Å². The Morgan fingerprint density at radius 1 is 1.05 bits per heavy atom. The van der Waals surface area contributed by atoms with Crippen LogP contribution >= 0.6 is 11.6 Å². The van der Waals surface area contributed by atoms with Gasteiger partial charge in [0.2, 0.25) is 0 Å². The maximum Gasteiger partial charge on any atom is 0.122 e. The minimum atomic E-state index is 0.670. The molecule has 0 aromatic heterocycles.